The predicted octanol–water partition coefficient (Wildman–Crippen LogP) is 3.15. The molecule has 1 atom stereocenters. The SMILES string of the molecule is CCCCCCC[NH+]1C=CC=C1CCC.[C-]#N. The lowest BCUT2D eigenvalue weighted by Gasteiger charge is -2.13. The van der Waals surface area contributed by atoms with Gasteiger partial charge in [0.05, 0.1) is 12.7 Å². The van der Waals surface area contributed by atoms with E-state index in [2.05, 4.69) is 32.2 Å². The Balaban J connectivity index is 0.00000121. The Morgan fingerprint density at radius 3 is 2.41 bits per heavy atom. The van der Waals surface area contributed by atoms with Crippen molar-refractivity contribution in [1.82, 2.24) is 0 Å². The first-order chi connectivity index (χ1) is 8.38. The number of hydrogen-bond acceptors (Lipinski definition) is 1. The normalized spacial score (nSPS) is 17.4. The molecular formula is C15H26N2. The Kier molecular flexibility index (Phi) is 10.7. The molecule has 1 rings (SSSR count). The van der Waals surface area contributed by atoms with E-state index < -0.39 is 0 Å². The highest BCUT2D eigenvalue weighted by Gasteiger charge is 2.14. The minimum absolute atomic E-state index is 1.26. The highest BCUT2D eigenvalue weighted by molar-refractivity contribution is 5.10. The van der Waals surface area contributed by atoms with Gasteiger partial charge in [-0.1, -0.05) is 33.1 Å². The second-order valence-electron chi connectivity index (χ2n) is 4.49. The number of nitrogens with one attached hydrogen (secondary N) is 1. The zero-order chi connectivity index (χ0) is 12.9. The van der Waals surface area contributed by atoms with Crippen LogP contribution in [0.25, 0.3) is 0 Å². The molecule has 0 aromatic carbocycles. The zero-order valence-electron chi connectivity index (χ0n) is 11.3. The summed E-state index contributed by atoms with van der Waals surface area (Å²) in [4.78, 5) is 1.60. The average Bonchev–Trinajstić information content (AvgIpc) is 2.80. The Hall–Kier alpha value is -1.07. The van der Waals surface area contributed by atoms with Crippen molar-refractivity contribution in [2.45, 2.75) is 58.8 Å². The summed E-state index contributed by atoms with van der Waals surface area (Å²) in [5.41, 5.74) is 1.59. The van der Waals surface area contributed by atoms with Gasteiger partial charge in [0, 0.05) is 12.5 Å². The number of allylic oxidation sites excluding steroid dienone is 3. The first-order valence-electron chi connectivity index (χ1n) is 6.84. The van der Waals surface area contributed by atoms with E-state index in [0.717, 1.165) is 0 Å². The molecule has 1 aliphatic rings. The van der Waals surface area contributed by atoms with Crippen LogP contribution in [0.15, 0.2) is 24.0 Å². The molecule has 1 N–H and O–H groups in total. The Morgan fingerprint density at radius 2 is 1.76 bits per heavy atom. The lowest BCUT2D eigenvalue weighted by Crippen LogP contribution is -3.04. The molecule has 0 saturated carbocycles. The Labute approximate surface area is 107 Å². The van der Waals surface area contributed by atoms with Crippen LogP contribution in [0.2, 0.25) is 0 Å². The lowest BCUT2D eigenvalue weighted by molar-refractivity contribution is -0.804. The van der Waals surface area contributed by atoms with Crippen LogP contribution < -0.4 is 4.90 Å². The minimum Gasteiger partial charge on any atom is -0.512 e. The van der Waals surface area contributed by atoms with Gasteiger partial charge in [-0.3, -0.25) is 4.90 Å². The van der Waals surface area contributed by atoms with Gasteiger partial charge in [-0.15, -0.1) is 0 Å². The fraction of sp³-hybridized carbons (Fsp3) is 0.667. The van der Waals surface area contributed by atoms with E-state index in [1.54, 1.807) is 10.6 Å². The quantitative estimate of drug-likeness (QED) is 0.507. The summed E-state index contributed by atoms with van der Waals surface area (Å²) in [5.74, 6) is 0. The van der Waals surface area contributed by atoms with Crippen molar-refractivity contribution in [2.24, 2.45) is 0 Å². The van der Waals surface area contributed by atoms with Gasteiger partial charge in [0.15, 0.2) is 0 Å². The molecule has 2 heteroatoms. The zero-order valence-corrected chi connectivity index (χ0v) is 11.3. The summed E-state index contributed by atoms with van der Waals surface area (Å²) in [7, 11) is 0. The molecular weight excluding hydrogens is 208 g/mol. The summed E-state index contributed by atoms with van der Waals surface area (Å²) >= 11 is 0. The van der Waals surface area contributed by atoms with Crippen LogP contribution in [-0.2, 0) is 0 Å². The van der Waals surface area contributed by atoms with Gasteiger partial charge >= 0.3 is 0 Å². The number of nitrogens with zero attached hydrogens (tertiary/aromatic N) is 1. The van der Waals surface area contributed by atoms with Crippen LogP contribution in [-0.4, -0.2) is 6.54 Å². The van der Waals surface area contributed by atoms with Crippen LogP contribution in [0.5, 0.6) is 0 Å². The predicted molar refractivity (Wildman–Crippen MR) is 71.7 cm³/mol. The lowest BCUT2D eigenvalue weighted by atomic mass is 10.1. The van der Waals surface area contributed by atoms with Crippen molar-refractivity contribution in [3.05, 3.63) is 30.6 Å². The van der Waals surface area contributed by atoms with Crippen molar-refractivity contribution in [2.75, 3.05) is 6.54 Å². The van der Waals surface area contributed by atoms with Gasteiger partial charge in [-0.05, 0) is 25.3 Å². The molecule has 0 fully saturated rings. The van der Waals surface area contributed by atoms with Crippen molar-refractivity contribution in [3.63, 3.8) is 0 Å². The van der Waals surface area contributed by atoms with E-state index in [1.165, 1.54) is 51.5 Å². The Bertz CT molecular complexity index is 251. The van der Waals surface area contributed by atoms with E-state index in [0.29, 0.717) is 0 Å². The molecule has 0 saturated heterocycles. The van der Waals surface area contributed by atoms with Crippen LogP contribution in [0.4, 0.5) is 0 Å². The van der Waals surface area contributed by atoms with Gasteiger partial charge < -0.3 is 11.8 Å². The first kappa shape index (κ1) is 15.9. The second kappa shape index (κ2) is 11.4. The fourth-order valence-corrected chi connectivity index (χ4v) is 2.17. The highest BCUT2D eigenvalue weighted by Crippen LogP contribution is 2.04. The van der Waals surface area contributed by atoms with Crippen molar-refractivity contribution >= 4 is 0 Å². The van der Waals surface area contributed by atoms with Gasteiger partial charge in [-0.2, -0.15) is 0 Å². The average molecular weight is 234 g/mol. The van der Waals surface area contributed by atoms with Gasteiger partial charge in [-0.25, -0.2) is 0 Å². The van der Waals surface area contributed by atoms with E-state index in [9.17, 15) is 0 Å². The van der Waals surface area contributed by atoms with E-state index >= 15 is 0 Å². The molecule has 0 radical (unpaired) electrons. The maximum atomic E-state index is 6.25. The Morgan fingerprint density at radius 1 is 1.06 bits per heavy atom. The maximum absolute atomic E-state index is 6.25. The molecule has 0 spiro atoms. The van der Waals surface area contributed by atoms with Gasteiger partial charge in [0.1, 0.15) is 5.70 Å². The molecule has 1 unspecified atom stereocenters. The van der Waals surface area contributed by atoms with Crippen LogP contribution in [0.3, 0.4) is 0 Å². The molecule has 2 nitrogen and oxygen atoms in total. The molecule has 1 aliphatic heterocycles. The third-order valence-corrected chi connectivity index (χ3v) is 3.08. The van der Waals surface area contributed by atoms with E-state index in [-0.39, 0.29) is 0 Å². The number of rotatable bonds is 8. The highest BCUT2D eigenvalue weighted by atomic mass is 15.1. The van der Waals surface area contributed by atoms with Crippen LogP contribution >= 0.6 is 0 Å². The third-order valence-electron chi connectivity index (χ3n) is 3.08. The molecule has 0 amide bonds. The van der Waals surface area contributed by atoms with Gasteiger partial charge in [0.25, 0.3) is 0 Å². The third kappa shape index (κ3) is 6.97. The van der Waals surface area contributed by atoms with Crippen molar-refractivity contribution in [1.29, 1.82) is 5.26 Å². The summed E-state index contributed by atoms with van der Waals surface area (Å²) in [6, 6.07) is 0. The maximum Gasteiger partial charge on any atom is 0.112 e. The second-order valence-corrected chi connectivity index (χ2v) is 4.49. The number of hydrogen-bond donors (Lipinski definition) is 1. The van der Waals surface area contributed by atoms with Crippen molar-refractivity contribution in [3.8, 4) is 0 Å². The molecule has 96 valence electrons. The standard InChI is InChI=1S/C14H25N.CN/c1-3-5-6-7-8-12-15-13-9-11-14(15)10-4-2;1-2/h9,11,13H,3-8,10,12H2,1-2H3;/q;-1/p+1. The van der Waals surface area contributed by atoms with E-state index in [1.807, 2.05) is 0 Å². The molecule has 0 aliphatic carbocycles. The molecule has 0 aromatic rings. The molecule has 0 aromatic heterocycles. The number of unbranched alkanes of at least 4 members (excludes halogenated alkanes) is 4. The van der Waals surface area contributed by atoms with Crippen LogP contribution in [0.1, 0.15) is 58.8 Å². The molecule has 17 heavy (non-hydrogen) atoms. The summed E-state index contributed by atoms with van der Waals surface area (Å²) in [6.07, 6.45) is 16.3. The molecule has 0 bridgehead atoms. The largest absolute Gasteiger partial charge is 0.512 e. The monoisotopic (exact) mass is 234 g/mol. The number of quaternary nitrogens is 1. The topological polar surface area (TPSA) is 28.2 Å². The first-order valence-corrected chi connectivity index (χ1v) is 6.84. The van der Waals surface area contributed by atoms with Gasteiger partial charge in [0.2, 0.25) is 0 Å². The summed E-state index contributed by atoms with van der Waals surface area (Å²) in [6.45, 7) is 10.6. The summed E-state index contributed by atoms with van der Waals surface area (Å²) in [5, 5.41) is 6.25. The smallest absolute Gasteiger partial charge is 0.112 e. The fourth-order valence-electron chi connectivity index (χ4n) is 2.17. The summed E-state index contributed by atoms with van der Waals surface area (Å²) < 4.78 is 0. The van der Waals surface area contributed by atoms with E-state index in [4.69, 9.17) is 11.8 Å². The van der Waals surface area contributed by atoms with Crippen LogP contribution in [0, 0.1) is 11.8 Å². The minimum atomic E-state index is 1.26. The molecule has 1 heterocycles. The van der Waals surface area contributed by atoms with Crippen molar-refractivity contribution < 1.29 is 4.90 Å².